The molecule has 0 amide bonds. The van der Waals surface area contributed by atoms with Gasteiger partial charge in [0.2, 0.25) is 0 Å². The lowest BCUT2D eigenvalue weighted by molar-refractivity contribution is -0.143. The Kier molecular flexibility index (Phi) is 2.73. The molecule has 1 unspecified atom stereocenters. The van der Waals surface area contributed by atoms with Crippen molar-refractivity contribution in [2.75, 3.05) is 13.6 Å². The normalized spacial score (nSPS) is 31.3. The van der Waals surface area contributed by atoms with Gasteiger partial charge in [-0.2, -0.15) is 0 Å². The Morgan fingerprint density at radius 1 is 1.58 bits per heavy atom. The molecule has 0 spiro atoms. The van der Waals surface area contributed by atoms with Gasteiger partial charge in [0.25, 0.3) is 0 Å². The first-order chi connectivity index (χ1) is 5.54. The second-order valence-corrected chi connectivity index (χ2v) is 3.96. The minimum atomic E-state index is -0.672. The molecule has 1 N–H and O–H groups in total. The average Bonchev–Trinajstić information content (AvgIpc) is 2.30. The van der Waals surface area contributed by atoms with Crippen LogP contribution in [-0.2, 0) is 4.79 Å². The highest BCUT2D eigenvalue weighted by Crippen LogP contribution is 2.29. The lowest BCUT2D eigenvalue weighted by Crippen LogP contribution is -2.38. The van der Waals surface area contributed by atoms with E-state index in [1.165, 1.54) is 0 Å². The minimum absolute atomic E-state index is 0.259. The molecule has 1 rings (SSSR count). The van der Waals surface area contributed by atoms with Gasteiger partial charge in [0.1, 0.15) is 6.04 Å². The standard InChI is InChI=1S/C9H17NO2/c1-6(2)7-4-5-10(3)8(7)9(11)12/h6-8H,4-5H2,1-3H3,(H,11,12)/t7?,8-/m0/s1. The van der Waals surface area contributed by atoms with Gasteiger partial charge < -0.3 is 5.11 Å². The third kappa shape index (κ3) is 1.61. The first kappa shape index (κ1) is 9.52. The fourth-order valence-electron chi connectivity index (χ4n) is 2.05. The smallest absolute Gasteiger partial charge is 0.321 e. The molecule has 1 saturated heterocycles. The number of rotatable bonds is 2. The zero-order chi connectivity index (χ0) is 9.30. The van der Waals surface area contributed by atoms with E-state index in [0.29, 0.717) is 11.8 Å². The SMILES string of the molecule is CC(C)C1CCN(C)[C@@H]1C(=O)O. The third-order valence-corrected chi connectivity index (χ3v) is 2.80. The third-order valence-electron chi connectivity index (χ3n) is 2.80. The quantitative estimate of drug-likeness (QED) is 0.675. The number of likely N-dealkylation sites (N-methyl/N-ethyl adjacent to an activating group) is 1. The van der Waals surface area contributed by atoms with Gasteiger partial charge in [-0.15, -0.1) is 0 Å². The van der Waals surface area contributed by atoms with Gasteiger partial charge in [-0.3, -0.25) is 9.69 Å². The molecule has 0 saturated carbocycles. The topological polar surface area (TPSA) is 40.5 Å². The van der Waals surface area contributed by atoms with Crippen molar-refractivity contribution in [2.24, 2.45) is 11.8 Å². The maximum atomic E-state index is 10.9. The monoisotopic (exact) mass is 171 g/mol. The molecule has 0 bridgehead atoms. The van der Waals surface area contributed by atoms with Gasteiger partial charge in [-0.25, -0.2) is 0 Å². The first-order valence-electron chi connectivity index (χ1n) is 4.47. The summed E-state index contributed by atoms with van der Waals surface area (Å²) in [7, 11) is 1.89. The lowest BCUT2D eigenvalue weighted by atomic mass is 9.89. The Morgan fingerprint density at radius 3 is 2.50 bits per heavy atom. The maximum absolute atomic E-state index is 10.9. The summed E-state index contributed by atoms with van der Waals surface area (Å²) in [5, 5.41) is 8.96. The van der Waals surface area contributed by atoms with Crippen LogP contribution < -0.4 is 0 Å². The summed E-state index contributed by atoms with van der Waals surface area (Å²) in [6.07, 6.45) is 1.02. The van der Waals surface area contributed by atoms with Crippen molar-refractivity contribution in [2.45, 2.75) is 26.3 Å². The van der Waals surface area contributed by atoms with Crippen LogP contribution in [0.2, 0.25) is 0 Å². The van der Waals surface area contributed by atoms with Gasteiger partial charge in [0.15, 0.2) is 0 Å². The van der Waals surface area contributed by atoms with Crippen LogP contribution in [0.15, 0.2) is 0 Å². The lowest BCUT2D eigenvalue weighted by Gasteiger charge is -2.23. The molecular weight excluding hydrogens is 154 g/mol. The van der Waals surface area contributed by atoms with Crippen LogP contribution in [0, 0.1) is 11.8 Å². The second kappa shape index (κ2) is 3.44. The van der Waals surface area contributed by atoms with E-state index in [9.17, 15) is 4.79 Å². The van der Waals surface area contributed by atoms with Crippen molar-refractivity contribution in [1.82, 2.24) is 4.90 Å². The summed E-state index contributed by atoms with van der Waals surface area (Å²) < 4.78 is 0. The minimum Gasteiger partial charge on any atom is -0.480 e. The van der Waals surface area contributed by atoms with Crippen LogP contribution >= 0.6 is 0 Å². The molecule has 2 atom stereocenters. The highest BCUT2D eigenvalue weighted by Gasteiger charge is 2.38. The molecule has 0 aromatic rings. The summed E-state index contributed by atoms with van der Waals surface area (Å²) in [5.74, 6) is 0.122. The summed E-state index contributed by atoms with van der Waals surface area (Å²) in [4.78, 5) is 12.8. The molecule has 1 fully saturated rings. The molecule has 1 aliphatic rings. The summed E-state index contributed by atoms with van der Waals surface area (Å²) in [6, 6.07) is -0.259. The number of carboxylic acids is 1. The predicted octanol–water partition coefficient (Wildman–Crippen LogP) is 1.05. The highest BCUT2D eigenvalue weighted by atomic mass is 16.4. The van der Waals surface area contributed by atoms with Crippen molar-refractivity contribution < 1.29 is 9.90 Å². The summed E-state index contributed by atoms with van der Waals surface area (Å²) in [6.45, 7) is 5.11. The second-order valence-electron chi connectivity index (χ2n) is 3.96. The molecule has 3 nitrogen and oxygen atoms in total. The number of likely N-dealkylation sites (tertiary alicyclic amines) is 1. The van der Waals surface area contributed by atoms with Crippen molar-refractivity contribution in [1.29, 1.82) is 0 Å². The van der Waals surface area contributed by atoms with Gasteiger partial charge in [0.05, 0.1) is 0 Å². The Balaban J connectivity index is 2.70. The van der Waals surface area contributed by atoms with Gasteiger partial charge in [-0.05, 0) is 31.8 Å². The largest absolute Gasteiger partial charge is 0.480 e. The molecule has 0 aromatic carbocycles. The molecule has 12 heavy (non-hydrogen) atoms. The number of hydrogen-bond acceptors (Lipinski definition) is 2. The van der Waals surface area contributed by atoms with E-state index >= 15 is 0 Å². The Hall–Kier alpha value is -0.570. The Labute approximate surface area is 73.4 Å². The molecule has 0 aromatic heterocycles. The number of carbonyl (C=O) groups is 1. The zero-order valence-electron chi connectivity index (χ0n) is 7.95. The zero-order valence-corrected chi connectivity index (χ0v) is 7.95. The van der Waals surface area contributed by atoms with E-state index in [4.69, 9.17) is 5.11 Å². The van der Waals surface area contributed by atoms with Crippen molar-refractivity contribution in [3.63, 3.8) is 0 Å². The number of carboxylic acid groups (broad SMARTS) is 1. The first-order valence-corrected chi connectivity index (χ1v) is 4.47. The molecular formula is C9H17NO2. The van der Waals surface area contributed by atoms with E-state index in [-0.39, 0.29) is 6.04 Å². The molecule has 1 heterocycles. The van der Waals surface area contributed by atoms with Crippen molar-refractivity contribution in [3.05, 3.63) is 0 Å². The van der Waals surface area contributed by atoms with Gasteiger partial charge >= 0.3 is 5.97 Å². The van der Waals surface area contributed by atoms with Crippen LogP contribution in [0.5, 0.6) is 0 Å². The van der Waals surface area contributed by atoms with Crippen LogP contribution in [-0.4, -0.2) is 35.6 Å². The van der Waals surface area contributed by atoms with E-state index < -0.39 is 5.97 Å². The van der Waals surface area contributed by atoms with Crippen LogP contribution in [0.25, 0.3) is 0 Å². The highest BCUT2D eigenvalue weighted by molar-refractivity contribution is 5.74. The fourth-order valence-corrected chi connectivity index (χ4v) is 2.05. The van der Waals surface area contributed by atoms with Crippen LogP contribution in [0.3, 0.4) is 0 Å². The molecule has 0 radical (unpaired) electrons. The number of aliphatic carboxylic acids is 1. The van der Waals surface area contributed by atoms with Crippen molar-refractivity contribution >= 4 is 5.97 Å². The van der Waals surface area contributed by atoms with Crippen LogP contribution in [0.4, 0.5) is 0 Å². The molecule has 3 heteroatoms. The maximum Gasteiger partial charge on any atom is 0.321 e. The number of nitrogens with zero attached hydrogens (tertiary/aromatic N) is 1. The van der Waals surface area contributed by atoms with E-state index in [1.807, 2.05) is 11.9 Å². The van der Waals surface area contributed by atoms with Crippen LogP contribution in [0.1, 0.15) is 20.3 Å². The summed E-state index contributed by atoms with van der Waals surface area (Å²) >= 11 is 0. The molecule has 1 aliphatic heterocycles. The summed E-state index contributed by atoms with van der Waals surface area (Å²) in [5.41, 5.74) is 0. The fraction of sp³-hybridized carbons (Fsp3) is 0.889. The Morgan fingerprint density at radius 2 is 2.17 bits per heavy atom. The number of hydrogen-bond donors (Lipinski definition) is 1. The van der Waals surface area contributed by atoms with Gasteiger partial charge in [-0.1, -0.05) is 13.8 Å². The molecule has 70 valence electrons. The Bertz CT molecular complexity index is 179. The van der Waals surface area contributed by atoms with E-state index in [0.717, 1.165) is 13.0 Å². The average molecular weight is 171 g/mol. The van der Waals surface area contributed by atoms with Gasteiger partial charge in [0, 0.05) is 0 Å². The van der Waals surface area contributed by atoms with E-state index in [1.54, 1.807) is 0 Å². The van der Waals surface area contributed by atoms with Crippen molar-refractivity contribution in [3.8, 4) is 0 Å². The predicted molar refractivity (Wildman–Crippen MR) is 47.0 cm³/mol. The van der Waals surface area contributed by atoms with E-state index in [2.05, 4.69) is 13.8 Å². The molecule has 0 aliphatic carbocycles.